The van der Waals surface area contributed by atoms with Gasteiger partial charge in [-0.3, -0.25) is 0 Å². The van der Waals surface area contributed by atoms with Crippen LogP contribution in [0.5, 0.6) is 0 Å². The number of hydroxylamine groups is 2. The minimum atomic E-state index is -0.174. The van der Waals surface area contributed by atoms with E-state index in [0.717, 1.165) is 12.8 Å². The second kappa shape index (κ2) is 6.58. The molecule has 0 rings (SSSR count). The summed E-state index contributed by atoms with van der Waals surface area (Å²) >= 11 is 0. The largest absolute Gasteiger partial charge is 0.362 e. The molecule has 3 nitrogen and oxygen atoms in total. The molecule has 0 aromatic carbocycles. The summed E-state index contributed by atoms with van der Waals surface area (Å²) in [6, 6.07) is 0. The van der Waals surface area contributed by atoms with Crippen molar-refractivity contribution in [1.82, 2.24) is 5.06 Å². The van der Waals surface area contributed by atoms with E-state index in [1.54, 1.807) is 0 Å². The van der Waals surface area contributed by atoms with Gasteiger partial charge in [0, 0.05) is 13.2 Å². The third-order valence-electron chi connectivity index (χ3n) is 1.57. The van der Waals surface area contributed by atoms with E-state index in [9.17, 15) is 5.21 Å². The van der Waals surface area contributed by atoms with Crippen molar-refractivity contribution in [3.63, 3.8) is 0 Å². The van der Waals surface area contributed by atoms with Gasteiger partial charge in [0.1, 0.15) is 6.23 Å². The highest BCUT2D eigenvalue weighted by molar-refractivity contribution is 4.46. The van der Waals surface area contributed by atoms with Crippen LogP contribution >= 0.6 is 0 Å². The zero-order valence-corrected chi connectivity index (χ0v) is 7.71. The van der Waals surface area contributed by atoms with E-state index in [0.29, 0.717) is 13.2 Å². The fraction of sp³-hybridized carbons (Fsp3) is 1.00. The maximum Gasteiger partial charge on any atom is 0.130 e. The van der Waals surface area contributed by atoms with Crippen molar-refractivity contribution in [2.24, 2.45) is 0 Å². The fourth-order valence-corrected chi connectivity index (χ4v) is 0.829. The van der Waals surface area contributed by atoms with Gasteiger partial charge in [-0.2, -0.15) is 5.06 Å². The van der Waals surface area contributed by atoms with Crippen molar-refractivity contribution in [2.75, 3.05) is 13.2 Å². The lowest BCUT2D eigenvalue weighted by Gasteiger charge is -2.21. The Labute approximate surface area is 68.9 Å². The summed E-state index contributed by atoms with van der Waals surface area (Å²) in [6.45, 7) is 7.20. The molecule has 0 saturated carbocycles. The lowest BCUT2D eigenvalue weighted by atomic mass is 10.3. The maximum absolute atomic E-state index is 9.29. The van der Waals surface area contributed by atoms with Crippen molar-refractivity contribution in [2.45, 2.75) is 39.8 Å². The molecule has 0 spiro atoms. The molecular weight excluding hydrogens is 142 g/mol. The molecular formula is C8H19NO2. The minimum absolute atomic E-state index is 0.174. The number of hydrogen-bond donors (Lipinski definition) is 1. The summed E-state index contributed by atoms with van der Waals surface area (Å²) in [4.78, 5) is 0. The summed E-state index contributed by atoms with van der Waals surface area (Å²) in [7, 11) is 0. The molecule has 1 atom stereocenters. The van der Waals surface area contributed by atoms with Crippen LogP contribution < -0.4 is 0 Å². The van der Waals surface area contributed by atoms with Crippen LogP contribution in [0.25, 0.3) is 0 Å². The highest BCUT2D eigenvalue weighted by Gasteiger charge is 2.08. The van der Waals surface area contributed by atoms with Gasteiger partial charge < -0.3 is 9.94 Å². The number of ether oxygens (including phenoxy) is 1. The molecule has 0 amide bonds. The van der Waals surface area contributed by atoms with E-state index in [2.05, 4.69) is 6.92 Å². The van der Waals surface area contributed by atoms with Gasteiger partial charge in [-0.15, -0.1) is 0 Å². The first-order chi connectivity index (χ1) is 5.22. The lowest BCUT2D eigenvalue weighted by molar-refractivity contribution is -0.207. The number of hydrogen-bond acceptors (Lipinski definition) is 3. The summed E-state index contributed by atoms with van der Waals surface area (Å²) < 4.78 is 5.18. The van der Waals surface area contributed by atoms with E-state index in [4.69, 9.17) is 4.74 Å². The van der Waals surface area contributed by atoms with Gasteiger partial charge in [0.2, 0.25) is 0 Å². The van der Waals surface area contributed by atoms with Crippen molar-refractivity contribution >= 4 is 0 Å². The van der Waals surface area contributed by atoms with Crippen LogP contribution in [0, 0.1) is 0 Å². The fourth-order valence-electron chi connectivity index (χ4n) is 0.829. The van der Waals surface area contributed by atoms with Crippen molar-refractivity contribution < 1.29 is 9.94 Å². The van der Waals surface area contributed by atoms with Gasteiger partial charge in [-0.25, -0.2) is 0 Å². The second-order valence-corrected chi connectivity index (χ2v) is 2.57. The van der Waals surface area contributed by atoms with Gasteiger partial charge in [0.25, 0.3) is 0 Å². The van der Waals surface area contributed by atoms with Crippen molar-refractivity contribution in [1.29, 1.82) is 0 Å². The molecule has 68 valence electrons. The number of nitrogens with zero attached hydrogens (tertiary/aromatic N) is 1. The zero-order valence-electron chi connectivity index (χ0n) is 7.71. The molecule has 0 heterocycles. The molecule has 0 bridgehead atoms. The first kappa shape index (κ1) is 10.9. The molecule has 3 heteroatoms. The Balaban J connectivity index is 3.38. The average molecular weight is 161 g/mol. The lowest BCUT2D eigenvalue weighted by Crippen LogP contribution is -2.32. The monoisotopic (exact) mass is 161 g/mol. The van der Waals surface area contributed by atoms with Crippen LogP contribution in [0.4, 0.5) is 0 Å². The molecule has 0 aliphatic carbocycles. The van der Waals surface area contributed by atoms with E-state index in [1.165, 1.54) is 5.06 Å². The Morgan fingerprint density at radius 1 is 1.45 bits per heavy atom. The quantitative estimate of drug-likeness (QED) is 0.476. The Morgan fingerprint density at radius 3 is 2.55 bits per heavy atom. The molecule has 0 aromatic heterocycles. The molecule has 0 aliphatic rings. The van der Waals surface area contributed by atoms with E-state index < -0.39 is 0 Å². The molecule has 0 radical (unpaired) electrons. The Hall–Kier alpha value is -0.120. The second-order valence-electron chi connectivity index (χ2n) is 2.57. The summed E-state index contributed by atoms with van der Waals surface area (Å²) in [5, 5.41) is 10.5. The van der Waals surface area contributed by atoms with Crippen LogP contribution in [0.1, 0.15) is 33.6 Å². The van der Waals surface area contributed by atoms with Crippen LogP contribution in [0.2, 0.25) is 0 Å². The third kappa shape index (κ3) is 5.18. The first-order valence-corrected chi connectivity index (χ1v) is 4.29. The van der Waals surface area contributed by atoms with Crippen molar-refractivity contribution in [3.05, 3.63) is 0 Å². The summed E-state index contributed by atoms with van der Waals surface area (Å²) in [5.74, 6) is 0. The van der Waals surface area contributed by atoms with Crippen molar-refractivity contribution in [3.8, 4) is 0 Å². The zero-order chi connectivity index (χ0) is 8.69. The van der Waals surface area contributed by atoms with Crippen LogP contribution in [-0.4, -0.2) is 29.7 Å². The summed E-state index contributed by atoms with van der Waals surface area (Å²) in [6.07, 6.45) is 1.93. The van der Waals surface area contributed by atoms with Gasteiger partial charge in [0.05, 0.1) is 0 Å². The van der Waals surface area contributed by atoms with E-state index >= 15 is 0 Å². The molecule has 0 fully saturated rings. The predicted molar refractivity (Wildman–Crippen MR) is 44.5 cm³/mol. The van der Waals surface area contributed by atoms with Crippen LogP contribution in [0.15, 0.2) is 0 Å². The SMILES string of the molecule is CCCCN(O)C(C)OCC. The molecule has 11 heavy (non-hydrogen) atoms. The van der Waals surface area contributed by atoms with Gasteiger partial charge in [-0.05, 0) is 20.3 Å². The normalized spacial score (nSPS) is 13.9. The molecule has 1 N–H and O–H groups in total. The Bertz CT molecular complexity index is 88.2. The number of rotatable bonds is 6. The average Bonchev–Trinajstić information content (AvgIpc) is 2.00. The molecule has 0 aliphatic heterocycles. The predicted octanol–water partition coefficient (Wildman–Crippen LogP) is 1.86. The highest BCUT2D eigenvalue weighted by atomic mass is 16.6. The molecule has 1 unspecified atom stereocenters. The molecule has 0 saturated heterocycles. The van der Waals surface area contributed by atoms with Gasteiger partial charge >= 0.3 is 0 Å². The topological polar surface area (TPSA) is 32.7 Å². The smallest absolute Gasteiger partial charge is 0.130 e. The van der Waals surface area contributed by atoms with E-state index in [1.807, 2.05) is 13.8 Å². The minimum Gasteiger partial charge on any atom is -0.362 e. The first-order valence-electron chi connectivity index (χ1n) is 4.29. The Morgan fingerprint density at radius 2 is 2.09 bits per heavy atom. The Kier molecular flexibility index (Phi) is 6.51. The maximum atomic E-state index is 9.29. The van der Waals surface area contributed by atoms with Crippen LogP contribution in [-0.2, 0) is 4.74 Å². The van der Waals surface area contributed by atoms with Gasteiger partial charge in [0.15, 0.2) is 0 Å². The highest BCUT2D eigenvalue weighted by Crippen LogP contribution is 1.99. The standard InChI is InChI=1S/C8H19NO2/c1-4-6-7-9(10)8(3)11-5-2/h8,10H,4-7H2,1-3H3. The summed E-state index contributed by atoms with van der Waals surface area (Å²) in [5.41, 5.74) is 0. The van der Waals surface area contributed by atoms with E-state index in [-0.39, 0.29) is 6.23 Å². The van der Waals surface area contributed by atoms with Crippen LogP contribution in [0.3, 0.4) is 0 Å². The number of unbranched alkanes of at least 4 members (excludes halogenated alkanes) is 1. The third-order valence-corrected chi connectivity index (χ3v) is 1.57. The van der Waals surface area contributed by atoms with Gasteiger partial charge in [-0.1, -0.05) is 13.3 Å². The molecule has 0 aromatic rings.